The van der Waals surface area contributed by atoms with Crippen LogP contribution in [0.25, 0.3) is 0 Å². The molecular weight excluding hydrogens is 328 g/mol. The predicted octanol–water partition coefficient (Wildman–Crippen LogP) is 8.09. The molecule has 2 nitrogen and oxygen atoms in total. The zero-order valence-corrected chi connectivity index (χ0v) is 19.1. The van der Waals surface area contributed by atoms with Crippen LogP contribution >= 0.6 is 0 Å². The van der Waals surface area contributed by atoms with Crippen molar-refractivity contribution in [2.75, 3.05) is 13.1 Å². The molecule has 1 rings (SSSR count). The van der Waals surface area contributed by atoms with Crippen molar-refractivity contribution in [3.63, 3.8) is 0 Å². The third-order valence-corrected chi connectivity index (χ3v) is 6.03. The third-order valence-electron chi connectivity index (χ3n) is 6.03. The summed E-state index contributed by atoms with van der Waals surface area (Å²) in [7, 11) is 0. The van der Waals surface area contributed by atoms with Crippen molar-refractivity contribution in [2.45, 2.75) is 136 Å². The van der Waals surface area contributed by atoms with Gasteiger partial charge in [0.1, 0.15) is 6.17 Å². The fraction of sp³-hybridized carbons (Fsp3) is 0.920. The van der Waals surface area contributed by atoms with Gasteiger partial charge in [-0.3, -0.25) is 0 Å². The Morgan fingerprint density at radius 1 is 0.481 bits per heavy atom. The highest BCUT2D eigenvalue weighted by atomic mass is 15.4. The van der Waals surface area contributed by atoms with Crippen molar-refractivity contribution in [3.05, 3.63) is 12.4 Å². The minimum atomic E-state index is 0.643. The molecule has 0 aromatic rings. The normalized spacial score (nSPS) is 16.6. The summed E-state index contributed by atoms with van der Waals surface area (Å²) in [6.45, 7) is 9.37. The molecular formula is C25H50N2. The fourth-order valence-corrected chi connectivity index (χ4v) is 4.31. The number of unbranched alkanes of at least 4 members (excludes halogenated alkanes) is 13. The van der Waals surface area contributed by atoms with Gasteiger partial charge in [-0.1, -0.05) is 104 Å². The van der Waals surface area contributed by atoms with Gasteiger partial charge in [-0.05, 0) is 25.7 Å². The number of hydrogen-bond acceptors (Lipinski definition) is 2. The SMILES string of the molecule is CCCCCCCCCCCCCCN1C=CN(CCC)C1CCCCC. The smallest absolute Gasteiger partial charge is 0.101 e. The van der Waals surface area contributed by atoms with Gasteiger partial charge in [-0.15, -0.1) is 0 Å². The monoisotopic (exact) mass is 378 g/mol. The molecule has 0 spiro atoms. The van der Waals surface area contributed by atoms with Gasteiger partial charge in [0.15, 0.2) is 0 Å². The van der Waals surface area contributed by atoms with E-state index in [1.807, 2.05) is 0 Å². The van der Waals surface area contributed by atoms with E-state index >= 15 is 0 Å². The van der Waals surface area contributed by atoms with Crippen LogP contribution in [0, 0.1) is 0 Å². The molecule has 1 aliphatic heterocycles. The van der Waals surface area contributed by atoms with E-state index in [2.05, 4.69) is 43.0 Å². The third kappa shape index (κ3) is 11.7. The Morgan fingerprint density at radius 2 is 0.926 bits per heavy atom. The lowest BCUT2D eigenvalue weighted by Gasteiger charge is -2.33. The van der Waals surface area contributed by atoms with Crippen molar-refractivity contribution in [2.24, 2.45) is 0 Å². The molecule has 0 saturated heterocycles. The van der Waals surface area contributed by atoms with Gasteiger partial charge in [0.25, 0.3) is 0 Å². The topological polar surface area (TPSA) is 6.48 Å². The van der Waals surface area contributed by atoms with Crippen LogP contribution in [0.3, 0.4) is 0 Å². The van der Waals surface area contributed by atoms with Crippen molar-refractivity contribution in [3.8, 4) is 0 Å². The summed E-state index contributed by atoms with van der Waals surface area (Å²) in [5.74, 6) is 0. The van der Waals surface area contributed by atoms with E-state index in [-0.39, 0.29) is 0 Å². The van der Waals surface area contributed by atoms with Crippen LogP contribution in [0.5, 0.6) is 0 Å². The first kappa shape index (κ1) is 24.4. The Labute approximate surface area is 171 Å². The van der Waals surface area contributed by atoms with Crippen LogP contribution in [0.15, 0.2) is 12.4 Å². The Morgan fingerprint density at radius 3 is 1.44 bits per heavy atom. The quantitative estimate of drug-likeness (QED) is 0.209. The number of hydrogen-bond donors (Lipinski definition) is 0. The van der Waals surface area contributed by atoms with E-state index < -0.39 is 0 Å². The minimum Gasteiger partial charge on any atom is -0.356 e. The zero-order chi connectivity index (χ0) is 19.6. The maximum Gasteiger partial charge on any atom is 0.101 e. The number of rotatable bonds is 19. The van der Waals surface area contributed by atoms with Crippen LogP contribution in [-0.4, -0.2) is 29.1 Å². The van der Waals surface area contributed by atoms with Crippen molar-refractivity contribution in [1.82, 2.24) is 9.80 Å². The average Bonchev–Trinajstić information content (AvgIpc) is 3.05. The van der Waals surface area contributed by atoms with Gasteiger partial charge in [0, 0.05) is 25.5 Å². The van der Waals surface area contributed by atoms with E-state index in [4.69, 9.17) is 0 Å². The molecule has 0 amide bonds. The molecule has 2 heteroatoms. The largest absolute Gasteiger partial charge is 0.356 e. The Kier molecular flexibility index (Phi) is 15.7. The Bertz CT molecular complexity index is 339. The van der Waals surface area contributed by atoms with Crippen LogP contribution in [0.4, 0.5) is 0 Å². The highest BCUT2D eigenvalue weighted by Crippen LogP contribution is 2.22. The average molecular weight is 379 g/mol. The second-order valence-electron chi connectivity index (χ2n) is 8.64. The molecule has 1 atom stereocenters. The lowest BCUT2D eigenvalue weighted by atomic mass is 10.1. The maximum atomic E-state index is 2.63. The van der Waals surface area contributed by atoms with E-state index in [0.29, 0.717) is 6.17 Å². The summed E-state index contributed by atoms with van der Waals surface area (Å²) in [5, 5.41) is 0. The van der Waals surface area contributed by atoms with Crippen LogP contribution < -0.4 is 0 Å². The molecule has 0 radical (unpaired) electrons. The molecule has 0 aliphatic carbocycles. The summed E-state index contributed by atoms with van der Waals surface area (Å²) in [4.78, 5) is 5.21. The first-order chi connectivity index (χ1) is 13.3. The molecule has 1 heterocycles. The van der Waals surface area contributed by atoms with Gasteiger partial charge < -0.3 is 9.80 Å². The van der Waals surface area contributed by atoms with E-state index in [1.54, 1.807) is 0 Å². The van der Waals surface area contributed by atoms with Crippen LogP contribution in [-0.2, 0) is 0 Å². The zero-order valence-electron chi connectivity index (χ0n) is 19.1. The summed E-state index contributed by atoms with van der Waals surface area (Å²) in [5.41, 5.74) is 0. The van der Waals surface area contributed by atoms with Crippen molar-refractivity contribution in [1.29, 1.82) is 0 Å². The first-order valence-corrected chi connectivity index (χ1v) is 12.5. The maximum absolute atomic E-state index is 2.63. The lowest BCUT2D eigenvalue weighted by molar-refractivity contribution is 0.137. The van der Waals surface area contributed by atoms with Crippen molar-refractivity contribution < 1.29 is 0 Å². The minimum absolute atomic E-state index is 0.643. The van der Waals surface area contributed by atoms with Gasteiger partial charge in [-0.25, -0.2) is 0 Å². The van der Waals surface area contributed by atoms with Gasteiger partial charge in [-0.2, -0.15) is 0 Å². The molecule has 0 N–H and O–H groups in total. The summed E-state index contributed by atoms with van der Waals surface area (Å²) in [6, 6.07) is 0. The van der Waals surface area contributed by atoms with Crippen LogP contribution in [0.2, 0.25) is 0 Å². The Balaban J connectivity index is 2.03. The van der Waals surface area contributed by atoms with Crippen molar-refractivity contribution >= 4 is 0 Å². The highest BCUT2D eigenvalue weighted by molar-refractivity contribution is 4.96. The summed E-state index contributed by atoms with van der Waals surface area (Å²) >= 11 is 0. The van der Waals surface area contributed by atoms with Crippen LogP contribution in [0.1, 0.15) is 130 Å². The molecule has 0 saturated carbocycles. The fourth-order valence-electron chi connectivity index (χ4n) is 4.31. The first-order valence-electron chi connectivity index (χ1n) is 12.5. The second kappa shape index (κ2) is 17.4. The van der Waals surface area contributed by atoms with Gasteiger partial charge in [0.2, 0.25) is 0 Å². The Hall–Kier alpha value is -0.660. The molecule has 0 bridgehead atoms. The molecule has 0 aromatic carbocycles. The molecule has 0 fully saturated rings. The standard InChI is InChI=1S/C25H50N2/c1-4-7-9-10-11-12-13-14-15-16-17-19-22-27-24-23-26(21-6-3)25(27)20-18-8-5-2/h23-25H,4-22H2,1-3H3. The summed E-state index contributed by atoms with van der Waals surface area (Å²) < 4.78 is 0. The van der Waals surface area contributed by atoms with E-state index in [1.165, 1.54) is 122 Å². The van der Waals surface area contributed by atoms with E-state index in [0.717, 1.165) is 0 Å². The van der Waals surface area contributed by atoms with Gasteiger partial charge in [0.05, 0.1) is 0 Å². The molecule has 1 unspecified atom stereocenters. The van der Waals surface area contributed by atoms with E-state index in [9.17, 15) is 0 Å². The summed E-state index contributed by atoms with van der Waals surface area (Å²) in [6.07, 6.45) is 29.3. The molecule has 0 aromatic heterocycles. The van der Waals surface area contributed by atoms with Gasteiger partial charge >= 0.3 is 0 Å². The predicted molar refractivity (Wildman–Crippen MR) is 122 cm³/mol. The highest BCUT2D eigenvalue weighted by Gasteiger charge is 2.24. The molecule has 160 valence electrons. The lowest BCUT2D eigenvalue weighted by Crippen LogP contribution is -2.39. The molecule has 27 heavy (non-hydrogen) atoms. The second-order valence-corrected chi connectivity index (χ2v) is 8.64. The molecule has 1 aliphatic rings. The number of nitrogens with zero attached hydrogens (tertiary/aromatic N) is 2.